The second-order valence-corrected chi connectivity index (χ2v) is 10.9. The number of rotatable bonds is 3. The van der Waals surface area contributed by atoms with Gasteiger partial charge in [-0.25, -0.2) is 12.7 Å². The minimum atomic E-state index is -3.18. The number of nitrogens with one attached hydrogen (secondary N) is 1. The Morgan fingerprint density at radius 1 is 1.21 bits per heavy atom. The number of piperidine rings is 1. The van der Waals surface area contributed by atoms with Gasteiger partial charge >= 0.3 is 0 Å². The van der Waals surface area contributed by atoms with E-state index in [1.54, 1.807) is 4.31 Å². The number of sulfonamides is 1. The summed E-state index contributed by atoms with van der Waals surface area (Å²) in [5.41, 5.74) is 2.90. The number of aryl methyl sites for hydroxylation is 1. The summed E-state index contributed by atoms with van der Waals surface area (Å²) in [5.74, 6) is -0.174. The summed E-state index contributed by atoms with van der Waals surface area (Å²) >= 11 is 0. The molecule has 2 heterocycles. The standard InChI is InChI=1S/C21H27N3O4S/c1-29(26,27)24-12-10-21(11-13-24)9-8-17-18(21)19(23-28-17)20(25)22-16-7-6-14-4-2-3-5-15(14)16/h2-5,16-18H,6-13H2,1H3,(H,22,25)/t16-,17-,18+/m0/s1. The second-order valence-electron chi connectivity index (χ2n) is 8.92. The first-order valence-electron chi connectivity index (χ1n) is 10.4. The molecule has 3 atom stereocenters. The molecule has 0 bridgehead atoms. The molecule has 2 aliphatic heterocycles. The van der Waals surface area contributed by atoms with E-state index in [4.69, 9.17) is 4.84 Å². The molecule has 1 N–H and O–H groups in total. The Morgan fingerprint density at radius 2 is 1.97 bits per heavy atom. The number of carbonyl (C=O) groups is 1. The average molecular weight is 418 g/mol. The maximum absolute atomic E-state index is 13.2. The summed E-state index contributed by atoms with van der Waals surface area (Å²) in [6.45, 7) is 1.01. The first kappa shape index (κ1) is 19.1. The Morgan fingerprint density at radius 3 is 2.72 bits per heavy atom. The maximum Gasteiger partial charge on any atom is 0.270 e. The first-order valence-corrected chi connectivity index (χ1v) is 12.3. The fourth-order valence-electron chi connectivity index (χ4n) is 5.85. The van der Waals surface area contributed by atoms with E-state index in [-0.39, 0.29) is 29.4 Å². The van der Waals surface area contributed by atoms with Crippen molar-refractivity contribution < 1.29 is 18.0 Å². The van der Waals surface area contributed by atoms with Gasteiger partial charge in [0, 0.05) is 13.1 Å². The lowest BCUT2D eigenvalue weighted by atomic mass is 9.69. The molecule has 0 unspecified atom stereocenters. The summed E-state index contributed by atoms with van der Waals surface area (Å²) in [5, 5.41) is 7.40. The van der Waals surface area contributed by atoms with Gasteiger partial charge in [-0.05, 0) is 55.1 Å². The number of hydrogen-bond donors (Lipinski definition) is 1. The number of amides is 1. The van der Waals surface area contributed by atoms with Gasteiger partial charge in [-0.2, -0.15) is 0 Å². The monoisotopic (exact) mass is 417 g/mol. The zero-order valence-electron chi connectivity index (χ0n) is 16.6. The van der Waals surface area contributed by atoms with Crippen LogP contribution in [0.4, 0.5) is 0 Å². The van der Waals surface area contributed by atoms with E-state index in [0.717, 1.165) is 38.5 Å². The highest BCUT2D eigenvalue weighted by Gasteiger charge is 2.57. The van der Waals surface area contributed by atoms with Gasteiger partial charge in [0.05, 0.1) is 18.2 Å². The zero-order valence-corrected chi connectivity index (χ0v) is 17.5. The van der Waals surface area contributed by atoms with Crippen molar-refractivity contribution in [2.45, 2.75) is 50.7 Å². The Hall–Kier alpha value is -1.93. The van der Waals surface area contributed by atoms with Gasteiger partial charge in [-0.3, -0.25) is 4.79 Å². The summed E-state index contributed by atoms with van der Waals surface area (Å²) < 4.78 is 25.3. The molecule has 1 saturated heterocycles. The van der Waals surface area contributed by atoms with Crippen LogP contribution in [0.2, 0.25) is 0 Å². The molecule has 0 radical (unpaired) electrons. The van der Waals surface area contributed by atoms with E-state index in [0.29, 0.717) is 18.8 Å². The van der Waals surface area contributed by atoms with E-state index in [1.807, 2.05) is 12.1 Å². The van der Waals surface area contributed by atoms with Crippen LogP contribution in [0, 0.1) is 11.3 Å². The van der Waals surface area contributed by atoms with Crippen molar-refractivity contribution in [3.63, 3.8) is 0 Å². The average Bonchev–Trinajstić information content (AvgIpc) is 3.38. The largest absolute Gasteiger partial charge is 0.391 e. The number of fused-ring (bicyclic) bond motifs is 3. The minimum Gasteiger partial charge on any atom is -0.391 e. The van der Waals surface area contributed by atoms with Gasteiger partial charge in [0.1, 0.15) is 6.10 Å². The number of carbonyl (C=O) groups excluding carboxylic acids is 1. The van der Waals surface area contributed by atoms with Crippen LogP contribution in [0.15, 0.2) is 29.4 Å². The highest BCUT2D eigenvalue weighted by molar-refractivity contribution is 7.88. The fraction of sp³-hybridized carbons (Fsp3) is 0.619. The number of nitrogens with zero attached hydrogens (tertiary/aromatic N) is 2. The quantitative estimate of drug-likeness (QED) is 0.815. The smallest absolute Gasteiger partial charge is 0.270 e. The lowest BCUT2D eigenvalue weighted by molar-refractivity contribution is -0.116. The van der Waals surface area contributed by atoms with Crippen molar-refractivity contribution in [1.29, 1.82) is 0 Å². The molecule has 29 heavy (non-hydrogen) atoms. The zero-order chi connectivity index (χ0) is 20.2. The van der Waals surface area contributed by atoms with Crippen molar-refractivity contribution in [2.75, 3.05) is 19.3 Å². The van der Waals surface area contributed by atoms with Crippen molar-refractivity contribution in [1.82, 2.24) is 9.62 Å². The Labute approximate surface area is 171 Å². The highest BCUT2D eigenvalue weighted by atomic mass is 32.2. The molecule has 1 aromatic rings. The Kier molecular flexibility index (Phi) is 4.47. The predicted octanol–water partition coefficient (Wildman–Crippen LogP) is 2.00. The van der Waals surface area contributed by atoms with Gasteiger partial charge in [0.2, 0.25) is 10.0 Å². The molecule has 8 heteroatoms. The van der Waals surface area contributed by atoms with Crippen LogP contribution in [0.1, 0.15) is 49.3 Å². The van der Waals surface area contributed by atoms with Crippen LogP contribution in [0.25, 0.3) is 0 Å². The van der Waals surface area contributed by atoms with Gasteiger partial charge in [-0.1, -0.05) is 29.4 Å². The molecule has 7 nitrogen and oxygen atoms in total. The van der Waals surface area contributed by atoms with Crippen LogP contribution in [-0.2, 0) is 26.1 Å². The third kappa shape index (κ3) is 3.17. The van der Waals surface area contributed by atoms with Crippen LogP contribution in [0.5, 0.6) is 0 Å². The van der Waals surface area contributed by atoms with Crippen LogP contribution in [-0.4, -0.2) is 49.8 Å². The maximum atomic E-state index is 13.2. The van der Waals surface area contributed by atoms with Gasteiger partial charge in [-0.15, -0.1) is 0 Å². The SMILES string of the molecule is CS(=O)(=O)N1CCC2(CC[C@@H]3ON=C(C(=O)N[C@H]4CCc5ccccc54)[C@@H]32)CC1. The Bertz CT molecular complexity index is 966. The van der Waals surface area contributed by atoms with Crippen LogP contribution in [0.3, 0.4) is 0 Å². The topological polar surface area (TPSA) is 88.1 Å². The van der Waals surface area contributed by atoms with E-state index in [1.165, 1.54) is 17.4 Å². The lowest BCUT2D eigenvalue weighted by Crippen LogP contribution is -2.49. The minimum absolute atomic E-state index is 0.0184. The molecule has 1 saturated carbocycles. The van der Waals surface area contributed by atoms with E-state index >= 15 is 0 Å². The molecular weight excluding hydrogens is 390 g/mol. The van der Waals surface area contributed by atoms with E-state index < -0.39 is 10.0 Å². The van der Waals surface area contributed by atoms with Crippen molar-refractivity contribution >= 4 is 21.6 Å². The number of benzene rings is 1. The Balaban J connectivity index is 1.32. The summed E-state index contributed by atoms with van der Waals surface area (Å²) in [6, 6.07) is 8.27. The van der Waals surface area contributed by atoms with Crippen molar-refractivity contribution in [3.05, 3.63) is 35.4 Å². The lowest BCUT2D eigenvalue weighted by Gasteiger charge is -2.41. The van der Waals surface area contributed by atoms with Gasteiger partial charge in [0.15, 0.2) is 5.71 Å². The molecule has 4 aliphatic rings. The molecule has 1 aromatic carbocycles. The molecule has 156 valence electrons. The molecule has 0 aromatic heterocycles. The second kappa shape index (κ2) is 6.80. The first-order chi connectivity index (χ1) is 13.9. The van der Waals surface area contributed by atoms with Gasteiger partial charge in [0.25, 0.3) is 5.91 Å². The number of hydrogen-bond acceptors (Lipinski definition) is 5. The van der Waals surface area contributed by atoms with E-state index in [9.17, 15) is 13.2 Å². The molecule has 2 aliphatic carbocycles. The van der Waals surface area contributed by atoms with Gasteiger partial charge < -0.3 is 10.2 Å². The fourth-order valence-corrected chi connectivity index (χ4v) is 6.70. The summed E-state index contributed by atoms with van der Waals surface area (Å²) in [7, 11) is -3.18. The van der Waals surface area contributed by atoms with Crippen LogP contribution < -0.4 is 5.32 Å². The summed E-state index contributed by atoms with van der Waals surface area (Å²) in [6.07, 6.45) is 6.42. The van der Waals surface area contributed by atoms with Crippen molar-refractivity contribution in [3.8, 4) is 0 Å². The molecule has 5 rings (SSSR count). The normalized spacial score (nSPS) is 30.5. The highest BCUT2D eigenvalue weighted by Crippen LogP contribution is 2.54. The molecule has 1 amide bonds. The molecular formula is C21H27N3O4S. The van der Waals surface area contributed by atoms with E-state index in [2.05, 4.69) is 22.6 Å². The third-order valence-electron chi connectivity index (χ3n) is 7.40. The molecule has 2 fully saturated rings. The number of oxime groups is 1. The predicted molar refractivity (Wildman–Crippen MR) is 109 cm³/mol. The molecule has 1 spiro atoms. The van der Waals surface area contributed by atoms with Crippen molar-refractivity contribution in [2.24, 2.45) is 16.5 Å². The third-order valence-corrected chi connectivity index (χ3v) is 8.70. The summed E-state index contributed by atoms with van der Waals surface area (Å²) in [4.78, 5) is 18.8. The van der Waals surface area contributed by atoms with Crippen LogP contribution >= 0.6 is 0 Å².